The molecule has 7 nitrogen and oxygen atoms in total. The summed E-state index contributed by atoms with van der Waals surface area (Å²) in [5.74, 6) is -0.273. The molecule has 0 unspecified atom stereocenters. The zero-order chi connectivity index (χ0) is 17.4. The van der Waals surface area contributed by atoms with Crippen LogP contribution in [0, 0.1) is 0 Å². The van der Waals surface area contributed by atoms with Gasteiger partial charge >= 0.3 is 6.03 Å². The fraction of sp³-hybridized carbons (Fsp3) is 0.438. The molecule has 23 heavy (non-hydrogen) atoms. The van der Waals surface area contributed by atoms with Crippen LogP contribution in [0.5, 0.6) is 0 Å². The topological polar surface area (TPSA) is 90.5 Å². The summed E-state index contributed by atoms with van der Waals surface area (Å²) in [4.78, 5) is 35.9. The van der Waals surface area contributed by atoms with Crippen LogP contribution in [0.25, 0.3) is 0 Å². The summed E-state index contributed by atoms with van der Waals surface area (Å²) in [6.07, 6.45) is 0. The molecule has 3 N–H and O–H groups in total. The predicted octanol–water partition coefficient (Wildman–Crippen LogP) is 1.71. The van der Waals surface area contributed by atoms with E-state index in [1.807, 2.05) is 13.8 Å². The van der Waals surface area contributed by atoms with Gasteiger partial charge in [-0.05, 0) is 38.1 Å². The van der Waals surface area contributed by atoms with Gasteiger partial charge in [0.2, 0.25) is 11.8 Å². The third-order valence-electron chi connectivity index (χ3n) is 2.92. The van der Waals surface area contributed by atoms with Crippen LogP contribution in [0.3, 0.4) is 0 Å². The maximum atomic E-state index is 11.8. The Morgan fingerprint density at radius 3 is 2.17 bits per heavy atom. The molecular weight excluding hydrogens is 296 g/mol. The maximum Gasteiger partial charge on any atom is 0.315 e. The summed E-state index contributed by atoms with van der Waals surface area (Å²) in [6.45, 7) is 7.35. The Morgan fingerprint density at radius 2 is 1.70 bits per heavy atom. The molecule has 0 aromatic heterocycles. The van der Waals surface area contributed by atoms with Gasteiger partial charge < -0.3 is 20.9 Å². The van der Waals surface area contributed by atoms with Gasteiger partial charge in [-0.25, -0.2) is 4.79 Å². The molecular formula is C16H24N4O3. The molecule has 0 saturated heterocycles. The van der Waals surface area contributed by atoms with Gasteiger partial charge in [0.1, 0.15) is 0 Å². The molecule has 1 rings (SSSR count). The zero-order valence-corrected chi connectivity index (χ0v) is 14.0. The molecule has 0 heterocycles. The van der Waals surface area contributed by atoms with Gasteiger partial charge in [0.25, 0.3) is 0 Å². The second-order valence-electron chi connectivity index (χ2n) is 5.45. The Morgan fingerprint density at radius 1 is 1.09 bits per heavy atom. The molecule has 7 heteroatoms. The lowest BCUT2D eigenvalue weighted by Gasteiger charge is -2.22. The van der Waals surface area contributed by atoms with Crippen LogP contribution in [0.15, 0.2) is 24.3 Å². The van der Waals surface area contributed by atoms with Crippen molar-refractivity contribution < 1.29 is 14.4 Å². The summed E-state index contributed by atoms with van der Waals surface area (Å²) in [5.41, 5.74) is 1.37. The van der Waals surface area contributed by atoms with Crippen LogP contribution in [0.4, 0.5) is 16.2 Å². The quantitative estimate of drug-likeness (QED) is 0.745. The van der Waals surface area contributed by atoms with E-state index in [1.54, 1.807) is 29.2 Å². The Hall–Kier alpha value is -2.57. The molecule has 126 valence electrons. The van der Waals surface area contributed by atoms with E-state index < -0.39 is 0 Å². The highest BCUT2D eigenvalue weighted by Crippen LogP contribution is 2.18. The minimum atomic E-state index is -0.260. The van der Waals surface area contributed by atoms with Crippen LogP contribution in [-0.4, -0.2) is 37.0 Å². The van der Waals surface area contributed by atoms with Crippen LogP contribution in [0.2, 0.25) is 0 Å². The predicted molar refractivity (Wildman–Crippen MR) is 90.4 cm³/mol. The van der Waals surface area contributed by atoms with Gasteiger partial charge in [-0.1, -0.05) is 0 Å². The Kier molecular flexibility index (Phi) is 7.05. The van der Waals surface area contributed by atoms with Crippen molar-refractivity contribution in [1.82, 2.24) is 10.6 Å². The first-order valence-electron chi connectivity index (χ1n) is 7.49. The number of hydrogen-bond acceptors (Lipinski definition) is 3. The minimum Gasteiger partial charge on any atom is -0.336 e. The SMILES string of the molecule is CC(=O)Nc1ccc(N(CCNC(=O)NC(C)C)C(C)=O)cc1. The van der Waals surface area contributed by atoms with E-state index in [0.717, 1.165) is 0 Å². The monoisotopic (exact) mass is 320 g/mol. The normalized spacial score (nSPS) is 10.1. The van der Waals surface area contributed by atoms with E-state index in [-0.39, 0.29) is 23.9 Å². The van der Waals surface area contributed by atoms with E-state index in [1.165, 1.54) is 13.8 Å². The molecule has 0 aliphatic rings. The minimum absolute atomic E-state index is 0.0558. The van der Waals surface area contributed by atoms with Gasteiger partial charge in [-0.15, -0.1) is 0 Å². The second-order valence-corrected chi connectivity index (χ2v) is 5.45. The number of benzene rings is 1. The Balaban J connectivity index is 2.62. The standard InChI is InChI=1S/C16H24N4O3/c1-11(2)18-16(23)17-9-10-20(13(4)22)15-7-5-14(6-8-15)19-12(3)21/h5-8,11H,9-10H2,1-4H3,(H,19,21)(H2,17,18,23). The first kappa shape index (κ1) is 18.5. The fourth-order valence-corrected chi connectivity index (χ4v) is 1.99. The van der Waals surface area contributed by atoms with Gasteiger partial charge in [0.05, 0.1) is 0 Å². The average molecular weight is 320 g/mol. The maximum absolute atomic E-state index is 11.8. The first-order valence-corrected chi connectivity index (χ1v) is 7.49. The molecule has 0 bridgehead atoms. The molecule has 0 aliphatic carbocycles. The highest BCUT2D eigenvalue weighted by Gasteiger charge is 2.12. The summed E-state index contributed by atoms with van der Waals surface area (Å²) < 4.78 is 0. The number of urea groups is 1. The zero-order valence-electron chi connectivity index (χ0n) is 14.0. The van der Waals surface area contributed by atoms with Crippen LogP contribution in [-0.2, 0) is 9.59 Å². The van der Waals surface area contributed by atoms with Crippen molar-refractivity contribution >= 4 is 29.2 Å². The summed E-state index contributed by atoms with van der Waals surface area (Å²) >= 11 is 0. The molecule has 1 aromatic carbocycles. The van der Waals surface area contributed by atoms with Gasteiger partial charge in [-0.2, -0.15) is 0 Å². The Labute approximate surface area is 136 Å². The summed E-state index contributed by atoms with van der Waals surface area (Å²) in [5, 5.41) is 8.09. The van der Waals surface area contributed by atoms with E-state index >= 15 is 0 Å². The molecule has 0 atom stereocenters. The average Bonchev–Trinajstić information content (AvgIpc) is 2.43. The third-order valence-corrected chi connectivity index (χ3v) is 2.92. The number of nitrogens with one attached hydrogen (secondary N) is 3. The van der Waals surface area contributed by atoms with Crippen molar-refractivity contribution in [3.63, 3.8) is 0 Å². The fourth-order valence-electron chi connectivity index (χ4n) is 1.99. The van der Waals surface area contributed by atoms with E-state index in [9.17, 15) is 14.4 Å². The molecule has 0 radical (unpaired) electrons. The first-order chi connectivity index (χ1) is 10.8. The molecule has 0 saturated carbocycles. The van der Waals surface area contributed by atoms with Gasteiger partial charge in [0, 0.05) is 44.4 Å². The number of amides is 4. The summed E-state index contributed by atoms with van der Waals surface area (Å²) in [7, 11) is 0. The molecule has 0 spiro atoms. The van der Waals surface area contributed by atoms with Crippen LogP contribution >= 0.6 is 0 Å². The van der Waals surface area contributed by atoms with Crippen molar-refractivity contribution in [1.29, 1.82) is 0 Å². The smallest absolute Gasteiger partial charge is 0.315 e. The van der Waals surface area contributed by atoms with Crippen LogP contribution < -0.4 is 20.9 Å². The highest BCUT2D eigenvalue weighted by molar-refractivity contribution is 5.92. The van der Waals surface area contributed by atoms with Gasteiger partial charge in [0.15, 0.2) is 0 Å². The van der Waals surface area contributed by atoms with E-state index in [0.29, 0.717) is 24.5 Å². The lowest BCUT2D eigenvalue weighted by Crippen LogP contribution is -2.43. The lowest BCUT2D eigenvalue weighted by atomic mass is 10.2. The third kappa shape index (κ3) is 6.82. The largest absolute Gasteiger partial charge is 0.336 e. The van der Waals surface area contributed by atoms with Crippen molar-refractivity contribution in [3.8, 4) is 0 Å². The van der Waals surface area contributed by atoms with Gasteiger partial charge in [-0.3, -0.25) is 9.59 Å². The number of nitrogens with zero attached hydrogens (tertiary/aromatic N) is 1. The number of carbonyl (C=O) groups excluding carboxylic acids is 3. The van der Waals surface area contributed by atoms with Crippen molar-refractivity contribution in [3.05, 3.63) is 24.3 Å². The second kappa shape index (κ2) is 8.77. The molecule has 0 fully saturated rings. The number of rotatable bonds is 6. The molecule has 0 aliphatic heterocycles. The van der Waals surface area contributed by atoms with Crippen molar-refractivity contribution in [2.24, 2.45) is 0 Å². The van der Waals surface area contributed by atoms with E-state index in [4.69, 9.17) is 0 Å². The lowest BCUT2D eigenvalue weighted by molar-refractivity contribution is -0.116. The molecule has 1 aromatic rings. The number of carbonyl (C=O) groups is 3. The number of anilines is 2. The van der Waals surface area contributed by atoms with Crippen LogP contribution in [0.1, 0.15) is 27.7 Å². The highest BCUT2D eigenvalue weighted by atomic mass is 16.2. The van der Waals surface area contributed by atoms with Crippen molar-refractivity contribution in [2.45, 2.75) is 33.7 Å². The number of hydrogen-bond donors (Lipinski definition) is 3. The van der Waals surface area contributed by atoms with E-state index in [2.05, 4.69) is 16.0 Å². The summed E-state index contributed by atoms with van der Waals surface area (Å²) in [6, 6.07) is 6.75. The van der Waals surface area contributed by atoms with Crippen molar-refractivity contribution in [2.75, 3.05) is 23.3 Å². The Bertz CT molecular complexity index is 555. The molecule has 4 amide bonds.